The summed E-state index contributed by atoms with van der Waals surface area (Å²) in [5.74, 6) is -0.697. The van der Waals surface area contributed by atoms with Crippen LogP contribution in [-0.4, -0.2) is 23.1 Å². The Labute approximate surface area is 242 Å². The van der Waals surface area contributed by atoms with Gasteiger partial charge in [-0.2, -0.15) is 5.10 Å². The van der Waals surface area contributed by atoms with Crippen LogP contribution in [0.1, 0.15) is 32.0 Å². The van der Waals surface area contributed by atoms with Gasteiger partial charge in [-0.25, -0.2) is 10.2 Å². The van der Waals surface area contributed by atoms with E-state index in [0.29, 0.717) is 43.4 Å². The largest absolute Gasteiger partial charge is 0.422 e. The molecule has 0 unspecified atom stereocenters. The van der Waals surface area contributed by atoms with Crippen molar-refractivity contribution in [3.8, 4) is 16.9 Å². The molecule has 0 aliphatic rings. The summed E-state index contributed by atoms with van der Waals surface area (Å²) in [6, 6.07) is 25.0. The fourth-order valence-corrected chi connectivity index (χ4v) is 4.99. The Hall–Kier alpha value is -3.91. The first-order chi connectivity index (χ1) is 18.8. The van der Waals surface area contributed by atoms with Crippen molar-refractivity contribution in [1.29, 1.82) is 0 Å². The van der Waals surface area contributed by atoms with E-state index < -0.39 is 11.9 Å². The highest BCUT2D eigenvalue weighted by atomic mass is 79.9. The number of amides is 1. The van der Waals surface area contributed by atoms with E-state index in [4.69, 9.17) is 27.9 Å². The van der Waals surface area contributed by atoms with E-state index in [1.165, 1.54) is 6.21 Å². The average molecular weight is 621 g/mol. The number of hydrazone groups is 1. The van der Waals surface area contributed by atoms with Gasteiger partial charge in [0.05, 0.1) is 22.3 Å². The molecule has 1 heterocycles. The predicted molar refractivity (Wildman–Crippen MR) is 159 cm³/mol. The number of esters is 1. The van der Waals surface area contributed by atoms with Crippen molar-refractivity contribution in [1.82, 2.24) is 10.4 Å². The molecule has 0 aliphatic carbocycles. The summed E-state index contributed by atoms with van der Waals surface area (Å²) in [5.41, 5.74) is 6.83. The maximum atomic E-state index is 13.3. The second-order valence-corrected chi connectivity index (χ2v) is 10.4. The van der Waals surface area contributed by atoms with Crippen LogP contribution in [0, 0.1) is 6.92 Å². The Morgan fingerprint density at radius 3 is 2.46 bits per heavy atom. The van der Waals surface area contributed by atoms with Crippen LogP contribution in [0.5, 0.6) is 5.75 Å². The van der Waals surface area contributed by atoms with E-state index in [2.05, 4.69) is 31.4 Å². The summed E-state index contributed by atoms with van der Waals surface area (Å²) >= 11 is 16.1. The molecule has 39 heavy (non-hydrogen) atoms. The Morgan fingerprint density at radius 1 is 0.974 bits per heavy atom. The van der Waals surface area contributed by atoms with Crippen LogP contribution >= 0.6 is 39.1 Å². The minimum absolute atomic E-state index is 0.276. The van der Waals surface area contributed by atoms with Crippen molar-refractivity contribution in [2.45, 2.75) is 6.92 Å². The summed E-state index contributed by atoms with van der Waals surface area (Å²) in [6.45, 7) is 1.94. The van der Waals surface area contributed by atoms with Gasteiger partial charge >= 0.3 is 5.97 Å². The quantitative estimate of drug-likeness (QED) is 0.0868. The fraction of sp³-hybridized carbons (Fsp3) is 0.0333. The molecule has 0 radical (unpaired) electrons. The minimum Gasteiger partial charge on any atom is -0.422 e. The second kappa shape index (κ2) is 11.5. The zero-order chi connectivity index (χ0) is 27.5. The molecule has 5 rings (SSSR count). The summed E-state index contributed by atoms with van der Waals surface area (Å²) in [7, 11) is 0. The highest BCUT2D eigenvalue weighted by Crippen LogP contribution is 2.37. The van der Waals surface area contributed by atoms with E-state index in [-0.39, 0.29) is 5.69 Å². The molecule has 2 N–H and O–H groups in total. The molecule has 6 nitrogen and oxygen atoms in total. The Morgan fingerprint density at radius 2 is 1.72 bits per heavy atom. The molecule has 0 atom stereocenters. The Kier molecular flexibility index (Phi) is 7.84. The van der Waals surface area contributed by atoms with Crippen LogP contribution < -0.4 is 10.2 Å². The lowest BCUT2D eigenvalue weighted by atomic mass is 10.0. The number of aromatic amines is 1. The lowest BCUT2D eigenvalue weighted by Gasteiger charge is -2.08. The second-order valence-electron chi connectivity index (χ2n) is 8.69. The molecule has 194 valence electrons. The SMILES string of the molecule is Cc1ccc(C(=O)Oc2ccc(Br)cc2C=NNC(=O)c2[nH]c3c(Cl)cc(Cl)cc3c2-c2ccccc2)cc1. The molecule has 0 saturated heterocycles. The van der Waals surface area contributed by atoms with E-state index in [1.807, 2.05) is 49.4 Å². The summed E-state index contributed by atoms with van der Waals surface area (Å²) in [6.07, 6.45) is 1.41. The topological polar surface area (TPSA) is 83.5 Å². The molecule has 1 aromatic heterocycles. The first-order valence-corrected chi connectivity index (χ1v) is 13.3. The number of carbonyl (C=O) groups excluding carboxylic acids is 2. The van der Waals surface area contributed by atoms with Crippen molar-refractivity contribution in [2.24, 2.45) is 5.10 Å². The maximum Gasteiger partial charge on any atom is 0.343 e. The van der Waals surface area contributed by atoms with Gasteiger partial charge in [0.15, 0.2) is 0 Å². The molecule has 4 aromatic carbocycles. The lowest BCUT2D eigenvalue weighted by molar-refractivity contribution is 0.0734. The third-order valence-electron chi connectivity index (χ3n) is 5.95. The Bertz CT molecular complexity index is 1730. The highest BCUT2D eigenvalue weighted by Gasteiger charge is 2.21. The average Bonchev–Trinajstić information content (AvgIpc) is 3.31. The lowest BCUT2D eigenvalue weighted by Crippen LogP contribution is -2.19. The molecular formula is C30H20BrCl2N3O3. The number of aryl methyl sites for hydroxylation is 1. The van der Waals surface area contributed by atoms with Crippen LogP contribution in [0.15, 0.2) is 94.5 Å². The molecule has 0 spiro atoms. The van der Waals surface area contributed by atoms with Crippen LogP contribution in [0.2, 0.25) is 10.0 Å². The van der Waals surface area contributed by atoms with Gasteiger partial charge in [-0.15, -0.1) is 0 Å². The van der Waals surface area contributed by atoms with Crippen molar-refractivity contribution in [3.05, 3.63) is 122 Å². The van der Waals surface area contributed by atoms with Gasteiger partial charge < -0.3 is 9.72 Å². The van der Waals surface area contributed by atoms with Crippen LogP contribution in [0.3, 0.4) is 0 Å². The number of nitrogens with zero attached hydrogens (tertiary/aromatic N) is 1. The number of carbonyl (C=O) groups is 2. The zero-order valence-electron chi connectivity index (χ0n) is 20.5. The predicted octanol–water partition coefficient (Wildman–Crippen LogP) is 8.20. The first kappa shape index (κ1) is 26.7. The molecule has 5 aromatic rings. The number of benzene rings is 4. The maximum absolute atomic E-state index is 13.3. The van der Waals surface area contributed by atoms with Crippen molar-refractivity contribution < 1.29 is 14.3 Å². The number of fused-ring (bicyclic) bond motifs is 1. The monoisotopic (exact) mass is 619 g/mol. The number of rotatable bonds is 6. The van der Waals surface area contributed by atoms with Gasteiger partial charge in [0.1, 0.15) is 11.4 Å². The molecule has 0 aliphatic heterocycles. The third-order valence-corrected chi connectivity index (χ3v) is 6.95. The van der Waals surface area contributed by atoms with Crippen molar-refractivity contribution >= 4 is 68.1 Å². The molecule has 0 bridgehead atoms. The number of ether oxygens (including phenoxy) is 1. The van der Waals surface area contributed by atoms with Gasteiger partial charge in [0.2, 0.25) is 0 Å². The summed E-state index contributed by atoms with van der Waals surface area (Å²) in [5, 5.41) is 5.70. The van der Waals surface area contributed by atoms with Gasteiger partial charge in [0, 0.05) is 26.0 Å². The van der Waals surface area contributed by atoms with E-state index in [1.54, 1.807) is 42.5 Å². The fourth-order valence-electron chi connectivity index (χ4n) is 4.07. The van der Waals surface area contributed by atoms with Crippen LogP contribution in [0.25, 0.3) is 22.0 Å². The van der Waals surface area contributed by atoms with Gasteiger partial charge in [-0.3, -0.25) is 4.79 Å². The van der Waals surface area contributed by atoms with E-state index in [9.17, 15) is 9.59 Å². The van der Waals surface area contributed by atoms with Crippen molar-refractivity contribution in [2.75, 3.05) is 0 Å². The molecule has 0 saturated carbocycles. The van der Waals surface area contributed by atoms with E-state index >= 15 is 0 Å². The van der Waals surface area contributed by atoms with Crippen LogP contribution in [-0.2, 0) is 0 Å². The number of hydrogen-bond donors (Lipinski definition) is 2. The molecule has 1 amide bonds. The summed E-state index contributed by atoms with van der Waals surface area (Å²) in [4.78, 5) is 29.1. The highest BCUT2D eigenvalue weighted by molar-refractivity contribution is 9.10. The summed E-state index contributed by atoms with van der Waals surface area (Å²) < 4.78 is 6.36. The molecule has 9 heteroatoms. The number of H-pyrrole nitrogens is 1. The minimum atomic E-state index is -0.503. The van der Waals surface area contributed by atoms with E-state index in [0.717, 1.165) is 15.6 Å². The number of nitrogens with one attached hydrogen (secondary N) is 2. The number of hydrogen-bond acceptors (Lipinski definition) is 4. The molecular weight excluding hydrogens is 601 g/mol. The van der Waals surface area contributed by atoms with Crippen molar-refractivity contribution in [3.63, 3.8) is 0 Å². The van der Waals surface area contributed by atoms with Gasteiger partial charge in [0.25, 0.3) is 5.91 Å². The number of aromatic nitrogens is 1. The number of halogens is 3. The Balaban J connectivity index is 1.43. The first-order valence-electron chi connectivity index (χ1n) is 11.8. The van der Waals surface area contributed by atoms with Gasteiger partial charge in [-0.1, -0.05) is 87.2 Å². The van der Waals surface area contributed by atoms with Crippen LogP contribution in [0.4, 0.5) is 0 Å². The van der Waals surface area contributed by atoms with Gasteiger partial charge in [-0.05, 0) is 55.0 Å². The third kappa shape index (κ3) is 5.91. The smallest absolute Gasteiger partial charge is 0.343 e. The normalized spacial score (nSPS) is 11.2. The molecule has 0 fully saturated rings. The zero-order valence-corrected chi connectivity index (χ0v) is 23.6. The standard InChI is InChI=1S/C30H20BrCl2N3O3/c1-17-7-9-19(10-8-17)30(38)39-25-12-11-21(31)13-20(25)16-34-36-29(37)28-26(18-5-3-2-4-6-18)23-14-22(32)15-24(33)27(23)35-28/h2-16,35H,1H3,(H,36,37).